The fraction of sp³-hybridized carbons (Fsp3) is 0.364. The highest BCUT2D eigenvalue weighted by atomic mass is 32.2. The van der Waals surface area contributed by atoms with E-state index in [9.17, 15) is 47.1 Å². The summed E-state index contributed by atoms with van der Waals surface area (Å²) in [5, 5.41) is 23.3. The Morgan fingerprint density at radius 1 is 1.02 bits per heavy atom. The van der Waals surface area contributed by atoms with Gasteiger partial charge < -0.3 is 40.1 Å². The third-order valence-electron chi connectivity index (χ3n) is 9.14. The second-order valence-corrected chi connectivity index (χ2v) is 16.7. The van der Waals surface area contributed by atoms with Crippen molar-refractivity contribution in [1.29, 1.82) is 0 Å². The average molecular weight is 803 g/mol. The first-order valence-electron chi connectivity index (χ1n) is 16.3. The molecule has 55 heavy (non-hydrogen) atoms. The van der Waals surface area contributed by atoms with Gasteiger partial charge in [0.15, 0.2) is 11.5 Å². The van der Waals surface area contributed by atoms with Gasteiger partial charge in [-0.3, -0.25) is 14.4 Å². The summed E-state index contributed by atoms with van der Waals surface area (Å²) < 4.78 is 34.9. The highest BCUT2D eigenvalue weighted by Gasteiger charge is 2.64. The third kappa shape index (κ3) is 7.04. The highest BCUT2D eigenvalue weighted by Crippen LogP contribution is 2.50. The molecular formula is C33H34N6O14S2. The van der Waals surface area contributed by atoms with Gasteiger partial charge in [0.05, 0.1) is 36.4 Å². The molecule has 0 bridgehead atoms. The molecule has 0 aliphatic carbocycles. The number of ether oxygens (including phenoxy) is 2. The van der Waals surface area contributed by atoms with E-state index in [1.807, 2.05) is 0 Å². The van der Waals surface area contributed by atoms with E-state index in [2.05, 4.69) is 10.6 Å². The van der Waals surface area contributed by atoms with Gasteiger partial charge in [0.2, 0.25) is 34.1 Å². The van der Waals surface area contributed by atoms with E-state index in [4.69, 9.17) is 19.4 Å². The Morgan fingerprint density at radius 2 is 1.67 bits per heavy atom. The molecule has 4 aliphatic rings. The zero-order chi connectivity index (χ0) is 40.1. The number of pyridine rings is 1. The number of aromatic nitrogens is 1. The Hall–Kier alpha value is -6.03. The Kier molecular flexibility index (Phi) is 10.1. The first-order chi connectivity index (χ1) is 25.8. The molecule has 3 saturated heterocycles. The van der Waals surface area contributed by atoms with Crippen LogP contribution in [0.4, 0.5) is 9.59 Å². The van der Waals surface area contributed by atoms with E-state index in [1.54, 1.807) is 50.2 Å². The van der Waals surface area contributed by atoms with E-state index in [1.165, 1.54) is 34.6 Å². The van der Waals surface area contributed by atoms with Gasteiger partial charge in [0.25, 0.3) is 0 Å². The number of carbonyl (C=O) groups excluding carboxylic acids is 4. The number of β-lactam (4-membered cyclic amide) rings is 1. The number of nitrogens with one attached hydrogen (secondary N) is 2. The molecule has 7 rings (SSSR count). The van der Waals surface area contributed by atoms with Crippen LogP contribution in [0.5, 0.6) is 11.5 Å². The number of sulfonamides is 1. The van der Waals surface area contributed by atoms with Crippen LogP contribution in [0.3, 0.4) is 0 Å². The lowest BCUT2D eigenvalue weighted by molar-refractivity contribution is -0.161. The van der Waals surface area contributed by atoms with Crippen molar-refractivity contribution in [2.45, 2.75) is 42.1 Å². The normalized spacial score (nSPS) is 21.2. The SMILES string of the molecule is CC1(C)S[C@@H]2[C@H](NC(=O)[C@H](NC(=O)N3CCN(S(C)(=O)=O)C3=O)c3ccccc3)C(=O)N2[C@H]1C(=O)O.COn1cc(C(=O)O)c(=O)c2cc3c(cc21)OCO3. The predicted octanol–water partition coefficient (Wildman–Crippen LogP) is 0.253. The summed E-state index contributed by atoms with van der Waals surface area (Å²) in [6, 6.07) is 5.80. The number of thioether (sulfide) groups is 1. The largest absolute Gasteiger partial charge is 0.480 e. The van der Waals surface area contributed by atoms with Gasteiger partial charge in [-0.15, -0.1) is 11.8 Å². The van der Waals surface area contributed by atoms with Crippen LogP contribution in [-0.2, 0) is 24.4 Å². The van der Waals surface area contributed by atoms with E-state index in [0.29, 0.717) is 31.8 Å². The summed E-state index contributed by atoms with van der Waals surface area (Å²) in [5.74, 6) is -2.83. The summed E-state index contributed by atoms with van der Waals surface area (Å²) >= 11 is 1.26. The first kappa shape index (κ1) is 38.7. The Morgan fingerprint density at radius 3 is 2.25 bits per heavy atom. The predicted molar refractivity (Wildman–Crippen MR) is 191 cm³/mol. The van der Waals surface area contributed by atoms with Crippen molar-refractivity contribution in [3.8, 4) is 11.5 Å². The van der Waals surface area contributed by atoms with Gasteiger partial charge in [-0.1, -0.05) is 30.3 Å². The molecular weight excluding hydrogens is 769 g/mol. The molecule has 20 nitrogen and oxygen atoms in total. The zero-order valence-electron chi connectivity index (χ0n) is 29.4. The number of hydrogen-bond acceptors (Lipinski definition) is 13. The van der Waals surface area contributed by atoms with Crippen LogP contribution in [0.1, 0.15) is 35.8 Å². The summed E-state index contributed by atoms with van der Waals surface area (Å²) in [6.45, 7) is 3.08. The number of carboxylic acids is 2. The number of nitrogens with zero attached hydrogens (tertiary/aromatic N) is 4. The number of imide groups is 1. The van der Waals surface area contributed by atoms with Crippen molar-refractivity contribution in [3.63, 3.8) is 0 Å². The minimum absolute atomic E-state index is 0.0681. The van der Waals surface area contributed by atoms with Gasteiger partial charge in [-0.05, 0) is 25.5 Å². The lowest BCUT2D eigenvalue weighted by Crippen LogP contribution is -2.71. The van der Waals surface area contributed by atoms with E-state index in [-0.39, 0.29) is 30.8 Å². The molecule has 3 aromatic rings. The van der Waals surface area contributed by atoms with Crippen LogP contribution < -0.4 is 30.4 Å². The maximum Gasteiger partial charge on any atom is 0.341 e. The topological polar surface area (TPSA) is 260 Å². The van der Waals surface area contributed by atoms with Gasteiger partial charge >= 0.3 is 24.0 Å². The summed E-state index contributed by atoms with van der Waals surface area (Å²) in [5.41, 5.74) is -0.175. The monoisotopic (exact) mass is 802 g/mol. The molecule has 0 unspecified atom stereocenters. The van der Waals surface area contributed by atoms with Crippen molar-refractivity contribution < 1.29 is 61.7 Å². The molecule has 292 valence electrons. The molecule has 22 heteroatoms. The fourth-order valence-electron chi connectivity index (χ4n) is 6.53. The van der Waals surface area contributed by atoms with Crippen molar-refractivity contribution in [2.75, 3.05) is 33.2 Å². The van der Waals surface area contributed by atoms with Crippen LogP contribution in [0, 0.1) is 0 Å². The van der Waals surface area contributed by atoms with Crippen molar-refractivity contribution in [3.05, 3.63) is 70.0 Å². The smallest absolute Gasteiger partial charge is 0.341 e. The van der Waals surface area contributed by atoms with Gasteiger partial charge in [0.1, 0.15) is 36.2 Å². The number of amides is 6. The number of carbonyl (C=O) groups is 6. The zero-order valence-corrected chi connectivity index (χ0v) is 31.1. The molecule has 0 radical (unpaired) electrons. The standard InChI is InChI=1S/C21H25N5O8S2.C12H9NO6/c1-21(2)14(18(29)30)26-16(28)13(17(26)35-21)22-15(27)12(11-7-5-4-6-8-11)23-19(31)24-9-10-25(20(24)32)36(3,33)34;1-17-13-4-7(12(15)16)11(14)6-2-9-10(3-8(6)13)19-5-18-9/h4-8,12-14,17H,9-10H2,1-3H3,(H,22,27)(H,23,31)(H,29,30);2-4H,5H2,1H3,(H,15,16)/t12-,13-,14+,17-;/m1./s1. The minimum atomic E-state index is -3.87. The van der Waals surface area contributed by atoms with Gasteiger partial charge in [-0.2, -0.15) is 4.73 Å². The molecule has 0 spiro atoms. The van der Waals surface area contributed by atoms with Gasteiger partial charge in [-0.25, -0.2) is 36.8 Å². The summed E-state index contributed by atoms with van der Waals surface area (Å²) in [4.78, 5) is 93.2. The molecule has 4 N–H and O–H groups in total. The number of rotatable bonds is 8. The Bertz CT molecular complexity index is 2300. The second kappa shape index (κ2) is 14.3. The molecule has 1 aromatic heterocycles. The first-order valence-corrected chi connectivity index (χ1v) is 19.0. The fourth-order valence-corrected chi connectivity index (χ4v) is 8.95. The van der Waals surface area contributed by atoms with Crippen LogP contribution in [0.25, 0.3) is 10.9 Å². The molecule has 5 heterocycles. The molecule has 6 amide bonds. The lowest BCUT2D eigenvalue weighted by Gasteiger charge is -2.44. The molecule has 4 aliphatic heterocycles. The van der Waals surface area contributed by atoms with Crippen molar-refractivity contribution in [1.82, 2.24) is 29.5 Å². The van der Waals surface area contributed by atoms with Crippen LogP contribution in [-0.4, -0.2) is 129 Å². The number of hydrogen-bond donors (Lipinski definition) is 4. The number of aliphatic carboxylic acids is 1. The molecule has 0 saturated carbocycles. The minimum Gasteiger partial charge on any atom is -0.480 e. The summed E-state index contributed by atoms with van der Waals surface area (Å²) in [6.07, 6.45) is 1.98. The van der Waals surface area contributed by atoms with Crippen molar-refractivity contribution >= 4 is 68.5 Å². The van der Waals surface area contributed by atoms with Crippen LogP contribution in [0.2, 0.25) is 0 Å². The highest BCUT2D eigenvalue weighted by molar-refractivity contribution is 8.01. The third-order valence-corrected chi connectivity index (χ3v) is 11.9. The maximum absolute atomic E-state index is 13.3. The van der Waals surface area contributed by atoms with E-state index >= 15 is 0 Å². The van der Waals surface area contributed by atoms with Crippen LogP contribution >= 0.6 is 11.8 Å². The van der Waals surface area contributed by atoms with E-state index < -0.39 is 79.5 Å². The van der Waals surface area contributed by atoms with E-state index in [0.717, 1.165) is 12.5 Å². The number of benzene rings is 2. The average Bonchev–Trinajstić information content (AvgIpc) is 3.83. The Balaban J connectivity index is 0.000000226. The maximum atomic E-state index is 13.3. The molecule has 4 atom stereocenters. The Labute approximate surface area is 315 Å². The van der Waals surface area contributed by atoms with Gasteiger partial charge in [0, 0.05) is 10.8 Å². The van der Waals surface area contributed by atoms with Crippen LogP contribution in [0.15, 0.2) is 53.5 Å². The quantitative estimate of drug-likeness (QED) is 0.223. The number of fused-ring (bicyclic) bond motifs is 3. The molecule has 3 fully saturated rings. The second-order valence-electron chi connectivity index (χ2n) is 13.1. The number of aromatic carboxylic acids is 1. The number of urea groups is 2. The summed E-state index contributed by atoms with van der Waals surface area (Å²) in [7, 11) is -2.49. The van der Waals surface area contributed by atoms with Crippen molar-refractivity contribution in [2.24, 2.45) is 0 Å². The molecule has 2 aromatic carbocycles. The lowest BCUT2D eigenvalue weighted by atomic mass is 9.95. The number of carboxylic acid groups (broad SMARTS) is 2.